The predicted octanol–water partition coefficient (Wildman–Crippen LogP) is 2.51. The molecule has 1 aliphatic carbocycles. The van der Waals surface area contributed by atoms with Gasteiger partial charge in [-0.05, 0) is 35.2 Å². The molecule has 0 saturated carbocycles. The fourth-order valence-electron chi connectivity index (χ4n) is 1.83. The highest BCUT2D eigenvalue weighted by molar-refractivity contribution is 9.10. The summed E-state index contributed by atoms with van der Waals surface area (Å²) in [4.78, 5) is 14.2. The Morgan fingerprint density at radius 3 is 2.94 bits per heavy atom. The summed E-state index contributed by atoms with van der Waals surface area (Å²) in [6, 6.07) is 1.66. The van der Waals surface area contributed by atoms with E-state index in [1.54, 1.807) is 17.4 Å². The summed E-state index contributed by atoms with van der Waals surface area (Å²) < 4.78 is 0.664. The number of nitrogens with zero attached hydrogens (tertiary/aromatic N) is 3. The van der Waals surface area contributed by atoms with Gasteiger partial charge in [-0.3, -0.25) is 5.32 Å². The van der Waals surface area contributed by atoms with Gasteiger partial charge in [-0.1, -0.05) is 0 Å². The number of aryl methyl sites for hydroxylation is 2. The Morgan fingerprint density at radius 1 is 1.29 bits per heavy atom. The first-order valence-corrected chi connectivity index (χ1v) is 6.87. The summed E-state index contributed by atoms with van der Waals surface area (Å²) in [6.07, 6.45) is 3.43. The third-order valence-corrected chi connectivity index (χ3v) is 4.01. The van der Waals surface area contributed by atoms with Gasteiger partial charge in [0.15, 0.2) is 5.13 Å². The van der Waals surface area contributed by atoms with Gasteiger partial charge in [0.25, 0.3) is 0 Å². The lowest BCUT2D eigenvalue weighted by Gasteiger charge is -2.02. The second kappa shape index (κ2) is 4.23. The molecule has 0 bridgehead atoms. The molecule has 0 fully saturated rings. The number of aromatic nitrogens is 3. The normalized spacial score (nSPS) is 13.7. The molecule has 2 aromatic rings. The van der Waals surface area contributed by atoms with Gasteiger partial charge in [-0.25, -0.2) is 9.97 Å². The molecular weight excluding hydrogens is 302 g/mol. The van der Waals surface area contributed by atoms with Crippen LogP contribution in [-0.4, -0.2) is 15.0 Å². The number of halogens is 1. The van der Waals surface area contributed by atoms with Crippen molar-refractivity contribution in [1.29, 1.82) is 0 Å². The van der Waals surface area contributed by atoms with Crippen molar-refractivity contribution in [2.45, 2.75) is 19.3 Å². The topological polar surface area (TPSA) is 76.7 Å². The van der Waals surface area contributed by atoms with Crippen LogP contribution in [0.1, 0.15) is 17.0 Å². The highest BCUT2D eigenvalue weighted by atomic mass is 79.9. The number of hydrogen-bond donors (Lipinski definition) is 2. The first-order valence-electron chi connectivity index (χ1n) is 5.26. The highest BCUT2D eigenvalue weighted by Crippen LogP contribution is 2.31. The van der Waals surface area contributed by atoms with Gasteiger partial charge >= 0.3 is 0 Å². The largest absolute Gasteiger partial charge is 0.383 e. The minimum absolute atomic E-state index is 0.429. The summed E-state index contributed by atoms with van der Waals surface area (Å²) in [5.74, 6) is 0.905. The first-order chi connectivity index (χ1) is 8.20. The summed E-state index contributed by atoms with van der Waals surface area (Å²) in [5, 5.41) is 3.93. The summed E-state index contributed by atoms with van der Waals surface area (Å²) >= 11 is 4.95. The van der Waals surface area contributed by atoms with Gasteiger partial charge in [0, 0.05) is 10.9 Å². The molecule has 0 aromatic carbocycles. The molecule has 2 heterocycles. The van der Waals surface area contributed by atoms with Crippen LogP contribution in [0.25, 0.3) is 0 Å². The fraction of sp³-hybridized carbons (Fsp3) is 0.300. The molecular formula is C10H10BrN5S. The Bertz CT molecular complexity index is 526. The standard InChI is InChI=1S/C10H10BrN5S/c11-7-4-8(12)15-9(14-7)16-10-13-5-2-1-3-6(5)17-10/h4H,1-3H2,(H3,12,13,14,15,16). The lowest BCUT2D eigenvalue weighted by atomic mass is 10.4. The average Bonchev–Trinajstić information content (AvgIpc) is 2.75. The Morgan fingerprint density at radius 2 is 2.18 bits per heavy atom. The summed E-state index contributed by atoms with van der Waals surface area (Å²) in [7, 11) is 0. The van der Waals surface area contributed by atoms with Crippen LogP contribution in [0.3, 0.4) is 0 Å². The molecule has 5 nitrogen and oxygen atoms in total. The molecule has 88 valence electrons. The predicted molar refractivity (Wildman–Crippen MR) is 71.6 cm³/mol. The number of hydrogen-bond acceptors (Lipinski definition) is 6. The van der Waals surface area contributed by atoms with Crippen molar-refractivity contribution >= 4 is 44.2 Å². The van der Waals surface area contributed by atoms with E-state index in [0.29, 0.717) is 16.4 Å². The van der Waals surface area contributed by atoms with Crippen molar-refractivity contribution in [3.63, 3.8) is 0 Å². The highest BCUT2D eigenvalue weighted by Gasteiger charge is 2.17. The van der Waals surface area contributed by atoms with Gasteiger partial charge in [0.2, 0.25) is 5.95 Å². The van der Waals surface area contributed by atoms with Gasteiger partial charge in [0.1, 0.15) is 10.4 Å². The smallest absolute Gasteiger partial charge is 0.232 e. The van der Waals surface area contributed by atoms with Gasteiger partial charge in [0.05, 0.1) is 5.69 Å². The number of nitrogens with two attached hydrogens (primary N) is 1. The van der Waals surface area contributed by atoms with Crippen molar-refractivity contribution in [2.75, 3.05) is 11.1 Å². The molecule has 3 N–H and O–H groups in total. The number of nitrogen functional groups attached to an aromatic ring is 1. The maximum atomic E-state index is 5.65. The quantitative estimate of drug-likeness (QED) is 0.833. The van der Waals surface area contributed by atoms with Crippen molar-refractivity contribution in [3.8, 4) is 0 Å². The Kier molecular flexibility index (Phi) is 2.71. The number of fused-ring (bicyclic) bond motifs is 1. The van der Waals surface area contributed by atoms with E-state index in [1.165, 1.54) is 17.0 Å². The lowest BCUT2D eigenvalue weighted by molar-refractivity contribution is 0.900. The van der Waals surface area contributed by atoms with E-state index in [4.69, 9.17) is 5.73 Å². The molecule has 17 heavy (non-hydrogen) atoms. The minimum atomic E-state index is 0.429. The Hall–Kier alpha value is -1.21. The first kappa shape index (κ1) is 10.9. The molecule has 0 aliphatic heterocycles. The second-order valence-corrected chi connectivity index (χ2v) is 5.70. The molecule has 7 heteroatoms. The van der Waals surface area contributed by atoms with Crippen molar-refractivity contribution in [2.24, 2.45) is 0 Å². The van der Waals surface area contributed by atoms with Crippen LogP contribution in [0.4, 0.5) is 16.9 Å². The van der Waals surface area contributed by atoms with E-state index in [0.717, 1.165) is 18.0 Å². The van der Waals surface area contributed by atoms with Crippen molar-refractivity contribution in [1.82, 2.24) is 15.0 Å². The Balaban J connectivity index is 1.86. The molecule has 3 rings (SSSR count). The zero-order chi connectivity index (χ0) is 11.8. The van der Waals surface area contributed by atoms with Gasteiger partial charge in [-0.2, -0.15) is 4.98 Å². The van der Waals surface area contributed by atoms with Gasteiger partial charge < -0.3 is 5.73 Å². The lowest BCUT2D eigenvalue weighted by Crippen LogP contribution is -2.00. The maximum absolute atomic E-state index is 5.65. The molecule has 0 atom stereocenters. The summed E-state index contributed by atoms with van der Waals surface area (Å²) in [6.45, 7) is 0. The van der Waals surface area contributed by atoms with Crippen molar-refractivity contribution < 1.29 is 0 Å². The van der Waals surface area contributed by atoms with E-state index in [1.807, 2.05) is 0 Å². The molecule has 2 aromatic heterocycles. The van der Waals surface area contributed by atoms with Crippen LogP contribution < -0.4 is 11.1 Å². The zero-order valence-electron chi connectivity index (χ0n) is 8.90. The van der Waals surface area contributed by atoms with Gasteiger partial charge in [-0.15, -0.1) is 11.3 Å². The third-order valence-electron chi connectivity index (χ3n) is 2.53. The molecule has 0 radical (unpaired) electrons. The SMILES string of the molecule is Nc1cc(Br)nc(Nc2nc3c(s2)CCC3)n1. The van der Waals surface area contributed by atoms with Crippen LogP contribution in [0.15, 0.2) is 10.7 Å². The van der Waals surface area contributed by atoms with Crippen molar-refractivity contribution in [3.05, 3.63) is 21.2 Å². The number of rotatable bonds is 2. The molecule has 0 unspecified atom stereocenters. The van der Waals surface area contributed by atoms with Crippen LogP contribution >= 0.6 is 27.3 Å². The van der Waals surface area contributed by atoms with Crippen LogP contribution in [0.2, 0.25) is 0 Å². The van der Waals surface area contributed by atoms with E-state index < -0.39 is 0 Å². The number of anilines is 3. The third kappa shape index (κ3) is 2.25. The molecule has 0 spiro atoms. The summed E-state index contributed by atoms with van der Waals surface area (Å²) in [5.41, 5.74) is 6.86. The van der Waals surface area contributed by atoms with Crippen LogP contribution in [-0.2, 0) is 12.8 Å². The van der Waals surface area contributed by atoms with E-state index in [2.05, 4.69) is 36.2 Å². The average molecular weight is 312 g/mol. The van der Waals surface area contributed by atoms with E-state index >= 15 is 0 Å². The number of thiazole rings is 1. The van der Waals surface area contributed by atoms with Crippen LogP contribution in [0, 0.1) is 0 Å². The fourth-order valence-corrected chi connectivity index (χ4v) is 3.28. The maximum Gasteiger partial charge on any atom is 0.232 e. The zero-order valence-corrected chi connectivity index (χ0v) is 11.3. The number of nitrogens with one attached hydrogen (secondary N) is 1. The molecule has 0 saturated heterocycles. The van der Waals surface area contributed by atoms with E-state index in [-0.39, 0.29) is 0 Å². The Labute approximate surface area is 111 Å². The minimum Gasteiger partial charge on any atom is -0.383 e. The monoisotopic (exact) mass is 311 g/mol. The molecule has 1 aliphatic rings. The molecule has 0 amide bonds. The van der Waals surface area contributed by atoms with Crippen LogP contribution in [0.5, 0.6) is 0 Å². The second-order valence-electron chi connectivity index (χ2n) is 3.81. The van der Waals surface area contributed by atoms with E-state index in [9.17, 15) is 0 Å².